The first-order valence-corrected chi connectivity index (χ1v) is 8.06. The molecule has 1 N–H and O–H groups in total. The molecule has 0 aliphatic carbocycles. The second kappa shape index (κ2) is 6.86. The summed E-state index contributed by atoms with van der Waals surface area (Å²) in [4.78, 5) is 14.6. The molecule has 1 saturated heterocycles. The van der Waals surface area contributed by atoms with Crippen molar-refractivity contribution in [2.75, 3.05) is 32.8 Å². The van der Waals surface area contributed by atoms with Crippen LogP contribution < -0.4 is 10.1 Å². The summed E-state index contributed by atoms with van der Waals surface area (Å²) in [5.41, 5.74) is 0.994. The molecule has 2 heterocycles. The number of benzene rings is 1. The highest BCUT2D eigenvalue weighted by atomic mass is 35.5. The summed E-state index contributed by atoms with van der Waals surface area (Å²) in [7, 11) is 0. The van der Waals surface area contributed by atoms with E-state index < -0.39 is 6.10 Å². The van der Waals surface area contributed by atoms with Crippen LogP contribution in [0, 0.1) is 0 Å². The lowest BCUT2D eigenvalue weighted by atomic mass is 10.1. The summed E-state index contributed by atoms with van der Waals surface area (Å²) in [6, 6.07) is 5.76. The Morgan fingerprint density at radius 3 is 3.00 bits per heavy atom. The van der Waals surface area contributed by atoms with Crippen LogP contribution in [0.15, 0.2) is 18.2 Å². The third-order valence-electron chi connectivity index (χ3n) is 4.23. The molecule has 2 atom stereocenters. The highest BCUT2D eigenvalue weighted by Gasteiger charge is 2.29. The van der Waals surface area contributed by atoms with Gasteiger partial charge in [0.1, 0.15) is 5.75 Å². The molecule has 5 nitrogen and oxygen atoms in total. The van der Waals surface area contributed by atoms with E-state index in [1.54, 1.807) is 6.07 Å². The normalized spacial score (nSPS) is 22.7. The van der Waals surface area contributed by atoms with Crippen LogP contribution >= 0.6 is 11.6 Å². The fraction of sp³-hybridized carbons (Fsp3) is 0.562. The van der Waals surface area contributed by atoms with Crippen LogP contribution in [0.3, 0.4) is 0 Å². The molecule has 1 aromatic rings. The number of hydrogen-bond donors (Lipinski definition) is 1. The lowest BCUT2D eigenvalue weighted by Gasteiger charge is -2.32. The SMILES string of the molecule is C[C@@H](CNC(=O)[C@@H]1Cc2cc(Cl)ccc2O1)N1CCOCC1. The van der Waals surface area contributed by atoms with Gasteiger partial charge >= 0.3 is 0 Å². The van der Waals surface area contributed by atoms with Gasteiger partial charge in [0.25, 0.3) is 5.91 Å². The topological polar surface area (TPSA) is 50.8 Å². The third-order valence-corrected chi connectivity index (χ3v) is 4.47. The van der Waals surface area contributed by atoms with Crippen molar-refractivity contribution in [1.82, 2.24) is 10.2 Å². The number of carbonyl (C=O) groups excluding carboxylic acids is 1. The first kappa shape index (κ1) is 15.6. The van der Waals surface area contributed by atoms with Gasteiger partial charge < -0.3 is 14.8 Å². The zero-order valence-electron chi connectivity index (χ0n) is 12.7. The average molecular weight is 325 g/mol. The predicted octanol–water partition coefficient (Wildman–Crippen LogP) is 1.48. The number of ether oxygens (including phenoxy) is 2. The van der Waals surface area contributed by atoms with Gasteiger partial charge in [0.05, 0.1) is 13.2 Å². The molecule has 120 valence electrons. The van der Waals surface area contributed by atoms with Crippen LogP contribution in [-0.4, -0.2) is 55.8 Å². The minimum Gasteiger partial charge on any atom is -0.480 e. The predicted molar refractivity (Wildman–Crippen MR) is 84.4 cm³/mol. The molecular weight excluding hydrogens is 304 g/mol. The largest absolute Gasteiger partial charge is 0.480 e. The van der Waals surface area contributed by atoms with Crippen molar-refractivity contribution in [3.8, 4) is 5.75 Å². The number of amides is 1. The number of halogens is 1. The second-order valence-corrected chi connectivity index (χ2v) is 6.24. The van der Waals surface area contributed by atoms with E-state index in [1.165, 1.54) is 0 Å². The molecule has 0 radical (unpaired) electrons. The molecule has 6 heteroatoms. The summed E-state index contributed by atoms with van der Waals surface area (Å²) in [6.07, 6.45) is 0.124. The van der Waals surface area contributed by atoms with Gasteiger partial charge in [-0.2, -0.15) is 0 Å². The van der Waals surface area contributed by atoms with Crippen molar-refractivity contribution >= 4 is 17.5 Å². The Bertz CT molecular complexity index is 546. The summed E-state index contributed by atoms with van der Waals surface area (Å²) < 4.78 is 11.0. The second-order valence-electron chi connectivity index (χ2n) is 5.81. The maximum atomic E-state index is 12.3. The van der Waals surface area contributed by atoms with Gasteiger partial charge in [-0.15, -0.1) is 0 Å². The van der Waals surface area contributed by atoms with Gasteiger partial charge in [-0.05, 0) is 30.7 Å². The molecule has 2 aliphatic heterocycles. The molecule has 0 saturated carbocycles. The maximum absolute atomic E-state index is 12.3. The first-order chi connectivity index (χ1) is 10.6. The molecular formula is C16H21ClN2O3. The number of carbonyl (C=O) groups is 1. The van der Waals surface area contributed by atoms with E-state index in [-0.39, 0.29) is 5.91 Å². The van der Waals surface area contributed by atoms with E-state index in [0.717, 1.165) is 37.6 Å². The number of rotatable bonds is 4. The number of hydrogen-bond acceptors (Lipinski definition) is 4. The van der Waals surface area contributed by atoms with Crippen LogP contribution in [0.4, 0.5) is 0 Å². The fourth-order valence-electron chi connectivity index (χ4n) is 2.87. The van der Waals surface area contributed by atoms with Crippen molar-refractivity contribution in [2.24, 2.45) is 0 Å². The van der Waals surface area contributed by atoms with Crippen LogP contribution in [0.1, 0.15) is 12.5 Å². The Hall–Kier alpha value is -1.30. The number of fused-ring (bicyclic) bond motifs is 1. The van der Waals surface area contributed by atoms with Gasteiger partial charge in [-0.3, -0.25) is 9.69 Å². The molecule has 0 aromatic heterocycles. The van der Waals surface area contributed by atoms with Gasteiger partial charge in [0, 0.05) is 37.1 Å². The lowest BCUT2D eigenvalue weighted by molar-refractivity contribution is -0.127. The fourth-order valence-corrected chi connectivity index (χ4v) is 3.07. The van der Waals surface area contributed by atoms with Crippen molar-refractivity contribution in [3.63, 3.8) is 0 Å². The van der Waals surface area contributed by atoms with Gasteiger partial charge in [0.2, 0.25) is 0 Å². The quantitative estimate of drug-likeness (QED) is 0.911. The third kappa shape index (κ3) is 3.54. The Morgan fingerprint density at radius 2 is 2.23 bits per heavy atom. The summed E-state index contributed by atoms with van der Waals surface area (Å²) in [5.74, 6) is 0.693. The van der Waals surface area contributed by atoms with Crippen molar-refractivity contribution < 1.29 is 14.3 Å². The molecule has 1 fully saturated rings. The van der Waals surface area contributed by atoms with E-state index in [2.05, 4.69) is 17.1 Å². The molecule has 3 rings (SSSR count). The molecule has 0 bridgehead atoms. The number of nitrogens with zero attached hydrogens (tertiary/aromatic N) is 1. The minimum atomic E-state index is -0.453. The Labute approximate surface area is 135 Å². The highest BCUT2D eigenvalue weighted by Crippen LogP contribution is 2.31. The van der Waals surface area contributed by atoms with Crippen LogP contribution in [0.2, 0.25) is 5.02 Å². The van der Waals surface area contributed by atoms with E-state index in [1.807, 2.05) is 12.1 Å². The van der Waals surface area contributed by atoms with Gasteiger partial charge in [-0.25, -0.2) is 0 Å². The van der Waals surface area contributed by atoms with E-state index in [0.29, 0.717) is 24.0 Å². The number of morpholine rings is 1. The molecule has 22 heavy (non-hydrogen) atoms. The molecule has 1 amide bonds. The lowest BCUT2D eigenvalue weighted by Crippen LogP contribution is -2.49. The Kier molecular flexibility index (Phi) is 4.86. The smallest absolute Gasteiger partial charge is 0.261 e. The maximum Gasteiger partial charge on any atom is 0.261 e. The summed E-state index contributed by atoms with van der Waals surface area (Å²) in [6.45, 7) is 6.10. The monoisotopic (exact) mass is 324 g/mol. The minimum absolute atomic E-state index is 0.0626. The summed E-state index contributed by atoms with van der Waals surface area (Å²) in [5, 5.41) is 3.66. The van der Waals surface area contributed by atoms with Crippen molar-refractivity contribution in [3.05, 3.63) is 28.8 Å². The number of nitrogens with one attached hydrogen (secondary N) is 1. The Balaban J connectivity index is 1.49. The zero-order chi connectivity index (χ0) is 15.5. The first-order valence-electron chi connectivity index (χ1n) is 7.68. The van der Waals surface area contributed by atoms with Crippen LogP contribution in [-0.2, 0) is 16.0 Å². The molecule has 1 aromatic carbocycles. The van der Waals surface area contributed by atoms with E-state index >= 15 is 0 Å². The van der Waals surface area contributed by atoms with Crippen molar-refractivity contribution in [1.29, 1.82) is 0 Å². The zero-order valence-corrected chi connectivity index (χ0v) is 13.4. The Morgan fingerprint density at radius 1 is 1.45 bits per heavy atom. The standard InChI is InChI=1S/C16H21ClN2O3/c1-11(19-4-6-21-7-5-19)10-18-16(20)15-9-12-8-13(17)2-3-14(12)22-15/h2-3,8,11,15H,4-7,9-10H2,1H3,(H,18,20)/t11-,15-/m0/s1. The van der Waals surface area contributed by atoms with Crippen LogP contribution in [0.25, 0.3) is 0 Å². The molecule has 2 aliphatic rings. The van der Waals surface area contributed by atoms with Gasteiger partial charge in [0.15, 0.2) is 6.10 Å². The highest BCUT2D eigenvalue weighted by molar-refractivity contribution is 6.30. The van der Waals surface area contributed by atoms with E-state index in [4.69, 9.17) is 21.1 Å². The van der Waals surface area contributed by atoms with E-state index in [9.17, 15) is 4.79 Å². The van der Waals surface area contributed by atoms with Crippen molar-refractivity contribution in [2.45, 2.75) is 25.5 Å². The molecule has 0 spiro atoms. The van der Waals surface area contributed by atoms with Gasteiger partial charge in [-0.1, -0.05) is 11.6 Å². The molecule has 0 unspecified atom stereocenters. The average Bonchev–Trinajstić information content (AvgIpc) is 2.96. The van der Waals surface area contributed by atoms with Crippen LogP contribution in [0.5, 0.6) is 5.75 Å². The summed E-state index contributed by atoms with van der Waals surface area (Å²) >= 11 is 5.97.